The highest BCUT2D eigenvalue weighted by atomic mass is 32.1. The lowest BCUT2D eigenvalue weighted by Crippen LogP contribution is -2.39. The predicted molar refractivity (Wildman–Crippen MR) is 123 cm³/mol. The van der Waals surface area contributed by atoms with Gasteiger partial charge in [0.15, 0.2) is 5.13 Å². The van der Waals surface area contributed by atoms with Crippen LogP contribution in [0, 0.1) is 0 Å². The van der Waals surface area contributed by atoms with E-state index < -0.39 is 11.7 Å². The molecule has 1 fully saturated rings. The van der Waals surface area contributed by atoms with Gasteiger partial charge >= 0.3 is 6.18 Å². The van der Waals surface area contributed by atoms with Crippen molar-refractivity contribution in [3.63, 3.8) is 0 Å². The van der Waals surface area contributed by atoms with E-state index >= 15 is 0 Å². The molecule has 0 aliphatic carbocycles. The van der Waals surface area contributed by atoms with Crippen molar-refractivity contribution < 1.29 is 18.0 Å². The molecular formula is C23H21F3N6OS. The minimum atomic E-state index is -4.41. The Kier molecular flexibility index (Phi) is 6.05. The number of halogens is 3. The maximum absolute atomic E-state index is 12.9. The minimum Gasteiger partial charge on any atom is -0.301 e. The van der Waals surface area contributed by atoms with Gasteiger partial charge < -0.3 is 5.32 Å². The lowest BCUT2D eigenvalue weighted by molar-refractivity contribution is -0.137. The number of benzene rings is 2. The van der Waals surface area contributed by atoms with Gasteiger partial charge in [-0.25, -0.2) is 9.67 Å². The Morgan fingerprint density at radius 3 is 2.62 bits per heavy atom. The molecule has 1 aliphatic heterocycles. The molecule has 0 spiro atoms. The first-order valence-electron chi connectivity index (χ1n) is 10.8. The number of anilines is 1. The van der Waals surface area contributed by atoms with E-state index in [1.807, 2.05) is 35.7 Å². The van der Waals surface area contributed by atoms with E-state index in [4.69, 9.17) is 0 Å². The normalized spacial score (nSPS) is 15.6. The number of fused-ring (bicyclic) bond motifs is 1. The SMILES string of the molecule is O=C(CN1CCC(n2nnc3cc(C(F)(F)F)ccc32)CC1)Nc1nc(-c2ccccc2)cs1. The van der Waals surface area contributed by atoms with Crippen molar-refractivity contribution in [3.05, 3.63) is 59.5 Å². The van der Waals surface area contributed by atoms with Crippen molar-refractivity contribution >= 4 is 33.4 Å². The van der Waals surface area contributed by atoms with Crippen molar-refractivity contribution in [2.24, 2.45) is 0 Å². The number of alkyl halides is 3. The van der Waals surface area contributed by atoms with E-state index in [1.54, 1.807) is 4.68 Å². The largest absolute Gasteiger partial charge is 0.416 e. The summed E-state index contributed by atoms with van der Waals surface area (Å²) in [7, 11) is 0. The van der Waals surface area contributed by atoms with Gasteiger partial charge in [-0.1, -0.05) is 35.5 Å². The monoisotopic (exact) mass is 486 g/mol. The third kappa shape index (κ3) is 4.80. The highest BCUT2D eigenvalue weighted by molar-refractivity contribution is 7.14. The molecule has 11 heteroatoms. The molecule has 0 bridgehead atoms. The van der Waals surface area contributed by atoms with Gasteiger partial charge in [0.2, 0.25) is 5.91 Å². The van der Waals surface area contributed by atoms with E-state index in [9.17, 15) is 18.0 Å². The van der Waals surface area contributed by atoms with Crippen LogP contribution in [0.5, 0.6) is 0 Å². The zero-order chi connectivity index (χ0) is 23.7. The number of thiazole rings is 1. The molecule has 5 rings (SSSR count). The van der Waals surface area contributed by atoms with Crippen LogP contribution in [0.4, 0.5) is 18.3 Å². The van der Waals surface area contributed by atoms with Crippen LogP contribution in [0.25, 0.3) is 22.3 Å². The Balaban J connectivity index is 1.16. The maximum atomic E-state index is 12.9. The molecule has 1 amide bonds. The number of carbonyl (C=O) groups is 1. The van der Waals surface area contributed by atoms with Crippen LogP contribution in [0.15, 0.2) is 53.9 Å². The topological polar surface area (TPSA) is 75.9 Å². The Bertz CT molecular complexity index is 1300. The quantitative estimate of drug-likeness (QED) is 0.437. The smallest absolute Gasteiger partial charge is 0.301 e. The summed E-state index contributed by atoms with van der Waals surface area (Å²) in [6, 6.07) is 13.3. The van der Waals surface area contributed by atoms with Gasteiger partial charge in [-0.2, -0.15) is 13.2 Å². The number of rotatable bonds is 5. The molecule has 1 saturated heterocycles. The molecule has 1 aliphatic rings. The Labute approximate surface area is 197 Å². The van der Waals surface area contributed by atoms with Crippen molar-refractivity contribution in [1.82, 2.24) is 24.9 Å². The van der Waals surface area contributed by atoms with E-state index in [1.165, 1.54) is 17.4 Å². The van der Waals surface area contributed by atoms with Crippen LogP contribution in [-0.4, -0.2) is 50.4 Å². The van der Waals surface area contributed by atoms with Crippen molar-refractivity contribution in [1.29, 1.82) is 0 Å². The van der Waals surface area contributed by atoms with Gasteiger partial charge in [0, 0.05) is 24.0 Å². The summed E-state index contributed by atoms with van der Waals surface area (Å²) in [5, 5.41) is 13.4. The van der Waals surface area contributed by atoms with Crippen molar-refractivity contribution in [2.45, 2.75) is 25.1 Å². The summed E-state index contributed by atoms with van der Waals surface area (Å²) < 4.78 is 40.5. The molecule has 2 aromatic heterocycles. The zero-order valence-corrected chi connectivity index (χ0v) is 18.8. The van der Waals surface area contributed by atoms with Crippen LogP contribution in [-0.2, 0) is 11.0 Å². The molecule has 7 nitrogen and oxygen atoms in total. The number of aromatic nitrogens is 4. The molecule has 0 saturated carbocycles. The molecule has 0 radical (unpaired) electrons. The van der Waals surface area contributed by atoms with Gasteiger partial charge in [0.25, 0.3) is 0 Å². The number of hydrogen-bond acceptors (Lipinski definition) is 6. The number of nitrogens with one attached hydrogen (secondary N) is 1. The standard InChI is InChI=1S/C23H21F3N6OS/c24-23(25,26)16-6-7-20-18(12-16)29-30-32(20)17-8-10-31(11-9-17)13-21(33)28-22-27-19(14-34-22)15-4-2-1-3-5-15/h1-7,12,14,17H,8-11,13H2,(H,27,28,33). The van der Waals surface area contributed by atoms with Gasteiger partial charge in [-0.15, -0.1) is 16.4 Å². The second-order valence-corrected chi connectivity index (χ2v) is 9.05. The molecule has 0 atom stereocenters. The second-order valence-electron chi connectivity index (χ2n) is 8.19. The van der Waals surface area contributed by atoms with Crippen LogP contribution in [0.3, 0.4) is 0 Å². The summed E-state index contributed by atoms with van der Waals surface area (Å²) in [6.07, 6.45) is -2.96. The first-order valence-corrected chi connectivity index (χ1v) is 11.7. The average molecular weight is 487 g/mol. The third-order valence-corrected chi connectivity index (χ3v) is 6.65. The Morgan fingerprint density at radius 1 is 1.12 bits per heavy atom. The fraction of sp³-hybridized carbons (Fsp3) is 0.304. The Morgan fingerprint density at radius 2 is 1.88 bits per heavy atom. The van der Waals surface area contributed by atoms with Crippen LogP contribution in [0.1, 0.15) is 24.4 Å². The number of amides is 1. The number of nitrogens with zero attached hydrogens (tertiary/aromatic N) is 5. The first kappa shape index (κ1) is 22.5. The highest BCUT2D eigenvalue weighted by Gasteiger charge is 2.31. The number of hydrogen-bond donors (Lipinski definition) is 1. The summed E-state index contributed by atoms with van der Waals surface area (Å²) >= 11 is 1.39. The molecule has 176 valence electrons. The van der Waals surface area contributed by atoms with E-state index in [-0.39, 0.29) is 24.0 Å². The predicted octanol–water partition coefficient (Wildman–Crippen LogP) is 4.85. The fourth-order valence-electron chi connectivity index (χ4n) is 4.14. The van der Waals surface area contributed by atoms with Crippen LogP contribution < -0.4 is 5.32 Å². The lowest BCUT2D eigenvalue weighted by Gasteiger charge is -2.31. The molecule has 3 heterocycles. The third-order valence-electron chi connectivity index (χ3n) is 5.89. The summed E-state index contributed by atoms with van der Waals surface area (Å²) in [5.41, 5.74) is 1.90. The highest BCUT2D eigenvalue weighted by Crippen LogP contribution is 2.32. The van der Waals surface area contributed by atoms with Crippen molar-refractivity contribution in [2.75, 3.05) is 25.0 Å². The molecular weight excluding hydrogens is 465 g/mol. The molecule has 34 heavy (non-hydrogen) atoms. The van der Waals surface area contributed by atoms with Crippen LogP contribution in [0.2, 0.25) is 0 Å². The van der Waals surface area contributed by atoms with Gasteiger partial charge in [-0.3, -0.25) is 9.69 Å². The van der Waals surface area contributed by atoms with Crippen molar-refractivity contribution in [3.8, 4) is 11.3 Å². The maximum Gasteiger partial charge on any atom is 0.416 e. The average Bonchev–Trinajstić information content (AvgIpc) is 3.46. The number of likely N-dealkylation sites (tertiary alicyclic amines) is 1. The van der Waals surface area contributed by atoms with E-state index in [0.717, 1.165) is 36.2 Å². The molecule has 4 aromatic rings. The first-order chi connectivity index (χ1) is 16.4. The summed E-state index contributed by atoms with van der Waals surface area (Å²) in [4.78, 5) is 19.1. The van der Waals surface area contributed by atoms with Gasteiger partial charge in [0.05, 0.1) is 29.4 Å². The minimum absolute atomic E-state index is 0.0217. The number of carbonyl (C=O) groups excluding carboxylic acids is 1. The summed E-state index contributed by atoms with van der Waals surface area (Å²) in [6.45, 7) is 1.60. The molecule has 1 N–H and O–H groups in total. The lowest BCUT2D eigenvalue weighted by atomic mass is 10.0. The van der Waals surface area contributed by atoms with E-state index in [0.29, 0.717) is 23.7 Å². The Hall–Kier alpha value is -3.31. The second kappa shape index (κ2) is 9.15. The molecule has 2 aromatic carbocycles. The summed E-state index contributed by atoms with van der Waals surface area (Å²) in [5.74, 6) is -0.127. The fourth-order valence-corrected chi connectivity index (χ4v) is 4.88. The zero-order valence-electron chi connectivity index (χ0n) is 18.0. The van der Waals surface area contributed by atoms with Gasteiger partial charge in [-0.05, 0) is 31.0 Å². The van der Waals surface area contributed by atoms with Crippen LogP contribution >= 0.6 is 11.3 Å². The molecule has 0 unspecified atom stereocenters. The van der Waals surface area contributed by atoms with Gasteiger partial charge in [0.1, 0.15) is 5.52 Å². The van der Waals surface area contributed by atoms with E-state index in [2.05, 4.69) is 25.5 Å². The number of piperidine rings is 1.